The second-order valence-electron chi connectivity index (χ2n) is 4.43. The van der Waals surface area contributed by atoms with Crippen LogP contribution in [0.5, 0.6) is 0 Å². The van der Waals surface area contributed by atoms with Crippen molar-refractivity contribution < 1.29 is 4.92 Å². The zero-order valence-electron chi connectivity index (χ0n) is 10.9. The van der Waals surface area contributed by atoms with Crippen LogP contribution in [-0.2, 0) is 5.33 Å². The van der Waals surface area contributed by atoms with Crippen LogP contribution in [0, 0.1) is 10.1 Å². The molecule has 0 atom stereocenters. The molecule has 0 bridgehead atoms. The molecule has 0 unspecified atom stereocenters. The molecular formula is C12H18BrN3O2. The van der Waals surface area contributed by atoms with Crippen LogP contribution in [0.15, 0.2) is 18.2 Å². The van der Waals surface area contributed by atoms with Gasteiger partial charge in [-0.05, 0) is 26.2 Å². The number of alkyl halides is 1. The Morgan fingerprint density at radius 2 is 1.94 bits per heavy atom. The van der Waals surface area contributed by atoms with Gasteiger partial charge in [0.2, 0.25) is 0 Å². The smallest absolute Gasteiger partial charge is 0.273 e. The average Bonchev–Trinajstić information content (AvgIpc) is 2.34. The van der Waals surface area contributed by atoms with Crippen LogP contribution in [0.25, 0.3) is 0 Å². The van der Waals surface area contributed by atoms with Crippen molar-refractivity contribution in [3.63, 3.8) is 0 Å². The van der Waals surface area contributed by atoms with Crippen molar-refractivity contribution in [3.8, 4) is 0 Å². The first-order valence-electron chi connectivity index (χ1n) is 5.65. The maximum atomic E-state index is 10.8. The lowest BCUT2D eigenvalue weighted by molar-refractivity contribution is -0.385. The summed E-state index contributed by atoms with van der Waals surface area (Å²) >= 11 is 3.29. The summed E-state index contributed by atoms with van der Waals surface area (Å²) in [6.07, 6.45) is 0. The Morgan fingerprint density at radius 3 is 2.44 bits per heavy atom. The van der Waals surface area contributed by atoms with Gasteiger partial charge in [-0.15, -0.1) is 0 Å². The Labute approximate surface area is 116 Å². The van der Waals surface area contributed by atoms with Crippen molar-refractivity contribution >= 4 is 27.3 Å². The van der Waals surface area contributed by atoms with E-state index in [4.69, 9.17) is 0 Å². The van der Waals surface area contributed by atoms with Crippen molar-refractivity contribution in [2.45, 2.75) is 5.33 Å². The molecule has 0 aromatic heterocycles. The van der Waals surface area contributed by atoms with Gasteiger partial charge in [-0.2, -0.15) is 0 Å². The lowest BCUT2D eigenvalue weighted by atomic mass is 10.1. The second-order valence-corrected chi connectivity index (χ2v) is 4.99. The molecule has 0 aliphatic rings. The SMILES string of the molecule is CN(C)CCN(C)c1ccc([N+](=O)[O-])c(CBr)c1. The summed E-state index contributed by atoms with van der Waals surface area (Å²) in [5.74, 6) is 0. The fourth-order valence-corrected chi connectivity index (χ4v) is 2.02. The topological polar surface area (TPSA) is 49.6 Å². The number of hydrogen-bond acceptors (Lipinski definition) is 4. The quantitative estimate of drug-likeness (QED) is 0.460. The van der Waals surface area contributed by atoms with E-state index in [-0.39, 0.29) is 10.6 Å². The number of halogens is 1. The summed E-state index contributed by atoms with van der Waals surface area (Å²) < 4.78 is 0. The van der Waals surface area contributed by atoms with Crippen molar-refractivity contribution in [1.29, 1.82) is 0 Å². The van der Waals surface area contributed by atoms with Gasteiger partial charge in [-0.3, -0.25) is 10.1 Å². The Bertz CT molecular complexity index is 424. The first-order valence-corrected chi connectivity index (χ1v) is 6.77. The molecule has 0 saturated carbocycles. The number of likely N-dealkylation sites (N-methyl/N-ethyl adjacent to an activating group) is 2. The molecule has 0 heterocycles. The number of nitrogens with zero attached hydrogens (tertiary/aromatic N) is 3. The van der Waals surface area contributed by atoms with Gasteiger partial charge >= 0.3 is 0 Å². The van der Waals surface area contributed by atoms with E-state index in [0.717, 1.165) is 18.8 Å². The van der Waals surface area contributed by atoms with Crippen LogP contribution in [0.4, 0.5) is 11.4 Å². The van der Waals surface area contributed by atoms with Crippen LogP contribution < -0.4 is 4.90 Å². The molecule has 0 aliphatic heterocycles. The molecular weight excluding hydrogens is 298 g/mol. The number of anilines is 1. The largest absolute Gasteiger partial charge is 0.373 e. The Hall–Kier alpha value is -1.14. The van der Waals surface area contributed by atoms with E-state index in [9.17, 15) is 10.1 Å². The van der Waals surface area contributed by atoms with Gasteiger partial charge in [-0.25, -0.2) is 0 Å². The molecule has 100 valence electrons. The maximum absolute atomic E-state index is 10.8. The fraction of sp³-hybridized carbons (Fsp3) is 0.500. The van der Waals surface area contributed by atoms with Crippen molar-refractivity contribution in [1.82, 2.24) is 4.90 Å². The van der Waals surface area contributed by atoms with Gasteiger partial charge in [-0.1, -0.05) is 15.9 Å². The summed E-state index contributed by atoms with van der Waals surface area (Å²) in [4.78, 5) is 14.7. The monoisotopic (exact) mass is 315 g/mol. The first kappa shape index (κ1) is 14.9. The number of hydrogen-bond donors (Lipinski definition) is 0. The van der Waals surface area contributed by atoms with Crippen LogP contribution in [0.1, 0.15) is 5.56 Å². The zero-order chi connectivity index (χ0) is 13.7. The molecule has 18 heavy (non-hydrogen) atoms. The number of benzene rings is 1. The molecule has 5 nitrogen and oxygen atoms in total. The van der Waals surface area contributed by atoms with Crippen LogP contribution in [0.2, 0.25) is 0 Å². The molecule has 0 amide bonds. The summed E-state index contributed by atoms with van der Waals surface area (Å²) in [5.41, 5.74) is 1.86. The highest BCUT2D eigenvalue weighted by atomic mass is 79.9. The van der Waals surface area contributed by atoms with Crippen molar-refractivity contribution in [2.75, 3.05) is 39.1 Å². The van der Waals surface area contributed by atoms with Gasteiger partial charge < -0.3 is 9.80 Å². The van der Waals surface area contributed by atoms with Gasteiger partial charge in [0.05, 0.1) is 4.92 Å². The molecule has 0 aliphatic carbocycles. The van der Waals surface area contributed by atoms with E-state index in [1.807, 2.05) is 27.2 Å². The highest BCUT2D eigenvalue weighted by Crippen LogP contribution is 2.26. The van der Waals surface area contributed by atoms with Gasteiger partial charge in [0.1, 0.15) is 0 Å². The minimum Gasteiger partial charge on any atom is -0.373 e. The van der Waals surface area contributed by atoms with Crippen LogP contribution >= 0.6 is 15.9 Å². The number of nitro groups is 1. The normalized spacial score (nSPS) is 10.7. The van der Waals surface area contributed by atoms with E-state index in [2.05, 4.69) is 25.7 Å². The lowest BCUT2D eigenvalue weighted by Gasteiger charge is -2.22. The third-order valence-corrected chi connectivity index (χ3v) is 3.33. The molecule has 0 spiro atoms. The van der Waals surface area contributed by atoms with E-state index >= 15 is 0 Å². The van der Waals surface area contributed by atoms with Crippen LogP contribution in [0.3, 0.4) is 0 Å². The Balaban J connectivity index is 2.87. The molecule has 1 aromatic rings. The molecule has 0 N–H and O–H groups in total. The summed E-state index contributed by atoms with van der Waals surface area (Å²) in [5, 5.41) is 11.3. The van der Waals surface area contributed by atoms with Crippen LogP contribution in [-0.4, -0.2) is 44.1 Å². The highest BCUT2D eigenvalue weighted by molar-refractivity contribution is 9.08. The van der Waals surface area contributed by atoms with E-state index in [1.54, 1.807) is 12.1 Å². The number of nitro benzene ring substituents is 1. The summed E-state index contributed by atoms with van der Waals surface area (Å²) in [6, 6.07) is 5.22. The third-order valence-electron chi connectivity index (χ3n) is 2.73. The zero-order valence-corrected chi connectivity index (χ0v) is 12.5. The minimum absolute atomic E-state index is 0.164. The average molecular weight is 316 g/mol. The molecule has 1 aromatic carbocycles. The van der Waals surface area contributed by atoms with E-state index in [0.29, 0.717) is 10.9 Å². The van der Waals surface area contributed by atoms with Gasteiger partial charge in [0.25, 0.3) is 5.69 Å². The summed E-state index contributed by atoms with van der Waals surface area (Å²) in [6.45, 7) is 1.82. The molecule has 1 rings (SSSR count). The third kappa shape index (κ3) is 3.96. The maximum Gasteiger partial charge on any atom is 0.273 e. The second kappa shape index (κ2) is 6.70. The molecule has 0 radical (unpaired) electrons. The fourth-order valence-electron chi connectivity index (χ4n) is 1.57. The van der Waals surface area contributed by atoms with E-state index in [1.165, 1.54) is 0 Å². The lowest BCUT2D eigenvalue weighted by Crippen LogP contribution is -2.28. The highest BCUT2D eigenvalue weighted by Gasteiger charge is 2.14. The summed E-state index contributed by atoms with van der Waals surface area (Å²) in [7, 11) is 6.03. The first-order chi connectivity index (χ1) is 8.45. The molecule has 0 fully saturated rings. The van der Waals surface area contributed by atoms with Crippen molar-refractivity contribution in [2.24, 2.45) is 0 Å². The standard InChI is InChI=1S/C12H18BrN3O2/c1-14(2)6-7-15(3)11-4-5-12(16(17)18)10(8-11)9-13/h4-5,8H,6-7,9H2,1-3H3. The van der Waals surface area contributed by atoms with Gasteiger partial charge in [0.15, 0.2) is 0 Å². The predicted molar refractivity (Wildman–Crippen MR) is 77.6 cm³/mol. The number of rotatable bonds is 6. The molecule has 6 heteroatoms. The van der Waals surface area contributed by atoms with E-state index < -0.39 is 0 Å². The minimum atomic E-state index is -0.347. The predicted octanol–water partition coefficient (Wildman–Crippen LogP) is 2.49. The van der Waals surface area contributed by atoms with Gasteiger partial charge in [0, 0.05) is 42.8 Å². The Morgan fingerprint density at radius 1 is 1.28 bits per heavy atom. The molecule has 0 saturated heterocycles. The van der Waals surface area contributed by atoms with Crippen molar-refractivity contribution in [3.05, 3.63) is 33.9 Å². The Kier molecular flexibility index (Phi) is 5.55.